The summed E-state index contributed by atoms with van der Waals surface area (Å²) in [6, 6.07) is 9.21. The van der Waals surface area contributed by atoms with E-state index in [0.29, 0.717) is 24.6 Å². The maximum absolute atomic E-state index is 14.0. The molecule has 0 atom stereocenters. The fourth-order valence-electron chi connectivity index (χ4n) is 4.91. The predicted molar refractivity (Wildman–Crippen MR) is 159 cm³/mol. The molecule has 3 N–H and O–H groups in total. The van der Waals surface area contributed by atoms with Crippen molar-refractivity contribution in [2.75, 3.05) is 43.8 Å². The molecule has 3 heterocycles. The van der Waals surface area contributed by atoms with E-state index < -0.39 is 17.6 Å². The Kier molecular flexibility index (Phi) is 8.39. The van der Waals surface area contributed by atoms with Gasteiger partial charge in [-0.3, -0.25) is 9.69 Å². The van der Waals surface area contributed by atoms with E-state index in [0.717, 1.165) is 52.6 Å². The lowest BCUT2D eigenvalue weighted by molar-refractivity contribution is -0.138. The number of nitrogen functional groups attached to an aromatic ring is 1. The van der Waals surface area contributed by atoms with Crippen molar-refractivity contribution in [3.05, 3.63) is 81.5 Å². The van der Waals surface area contributed by atoms with Crippen LogP contribution in [0, 0.1) is 6.92 Å². The number of nitrogens with two attached hydrogens (primary N) is 1. The molecular weight excluding hydrogens is 549 g/mol. The highest BCUT2D eigenvalue weighted by Crippen LogP contribution is 2.34. The third kappa shape index (κ3) is 6.58. The van der Waals surface area contributed by atoms with Crippen LogP contribution in [-0.2, 0) is 12.7 Å². The van der Waals surface area contributed by atoms with E-state index >= 15 is 0 Å². The molecule has 2 aromatic heterocycles. The minimum atomic E-state index is -4.57. The van der Waals surface area contributed by atoms with Gasteiger partial charge in [0.1, 0.15) is 12.1 Å². The molecule has 1 saturated heterocycles. The van der Waals surface area contributed by atoms with Gasteiger partial charge >= 0.3 is 6.18 Å². The van der Waals surface area contributed by atoms with Gasteiger partial charge in [-0.05, 0) is 54.4 Å². The first-order chi connectivity index (χ1) is 19.6. The largest absolute Gasteiger partial charge is 0.416 e. The third-order valence-electron chi connectivity index (χ3n) is 7.37. The Morgan fingerprint density at radius 2 is 1.78 bits per heavy atom. The molecule has 1 aliphatic heterocycles. The van der Waals surface area contributed by atoms with Crippen LogP contribution in [0.25, 0.3) is 22.4 Å². The zero-order valence-electron chi connectivity index (χ0n) is 22.8. The van der Waals surface area contributed by atoms with E-state index in [2.05, 4.69) is 27.1 Å². The standard InChI is InChI=1S/C30H31F3N6OS/c1-3-38-10-12-39(13-11-38)16-22-7-6-21(15-25(22)30(31,32)33)29(40)37-24-9-4-19(2)20(14-24)5-8-23-17-41-27-26(23)35-18-36-28(27)34/h4-9,14-15,17-18H,3,10-13,16H2,1-2H3,(H,37,40)(H2,34,35,36). The van der Waals surface area contributed by atoms with Crippen molar-refractivity contribution in [2.24, 2.45) is 0 Å². The average Bonchev–Trinajstić information content (AvgIpc) is 3.37. The second-order valence-corrected chi connectivity index (χ2v) is 10.9. The molecule has 0 radical (unpaired) electrons. The molecule has 0 unspecified atom stereocenters. The SMILES string of the molecule is CCN1CCN(Cc2ccc(C(=O)Nc3ccc(C)c(C=Cc4csc5c(N)ncnc45)c3)cc2C(F)(F)F)CC1. The van der Waals surface area contributed by atoms with Crippen molar-refractivity contribution in [3.8, 4) is 0 Å². The van der Waals surface area contributed by atoms with Crippen molar-refractivity contribution in [1.29, 1.82) is 0 Å². The lowest BCUT2D eigenvalue weighted by Crippen LogP contribution is -2.45. The first-order valence-corrected chi connectivity index (χ1v) is 14.2. The molecular formula is C30H31F3N6OS. The third-order valence-corrected chi connectivity index (χ3v) is 8.38. The number of piperazine rings is 1. The smallest absolute Gasteiger partial charge is 0.382 e. The first kappa shape index (κ1) is 28.7. The lowest BCUT2D eigenvalue weighted by Gasteiger charge is -2.34. The van der Waals surface area contributed by atoms with Crippen molar-refractivity contribution in [1.82, 2.24) is 19.8 Å². The van der Waals surface area contributed by atoms with Crippen LogP contribution >= 0.6 is 11.3 Å². The van der Waals surface area contributed by atoms with E-state index in [1.165, 1.54) is 29.8 Å². The predicted octanol–water partition coefficient (Wildman–Crippen LogP) is 6.16. The summed E-state index contributed by atoms with van der Waals surface area (Å²) in [7, 11) is 0. The number of rotatable bonds is 7. The highest BCUT2D eigenvalue weighted by molar-refractivity contribution is 7.18. The Bertz CT molecular complexity index is 1590. The van der Waals surface area contributed by atoms with E-state index in [-0.39, 0.29) is 17.7 Å². The molecule has 0 spiro atoms. The van der Waals surface area contributed by atoms with Crippen molar-refractivity contribution < 1.29 is 18.0 Å². The Morgan fingerprint density at radius 1 is 1.05 bits per heavy atom. The van der Waals surface area contributed by atoms with Crippen molar-refractivity contribution in [3.63, 3.8) is 0 Å². The normalized spacial score (nSPS) is 15.1. The molecule has 1 fully saturated rings. The Morgan fingerprint density at radius 3 is 2.51 bits per heavy atom. The number of nitrogens with zero attached hydrogens (tertiary/aromatic N) is 4. The fraction of sp³-hybridized carbons (Fsp3) is 0.300. The van der Waals surface area contributed by atoms with Crippen molar-refractivity contribution >= 4 is 51.1 Å². The molecule has 4 aromatic rings. The van der Waals surface area contributed by atoms with Gasteiger partial charge in [0.05, 0.1) is 15.8 Å². The molecule has 0 bridgehead atoms. The Hall–Kier alpha value is -3.80. The fourth-order valence-corrected chi connectivity index (χ4v) is 5.80. The van der Waals surface area contributed by atoms with E-state index in [1.807, 2.05) is 35.4 Å². The molecule has 5 rings (SSSR count). The number of thiophene rings is 1. The summed E-state index contributed by atoms with van der Waals surface area (Å²) < 4.78 is 42.9. The minimum Gasteiger partial charge on any atom is -0.382 e. The summed E-state index contributed by atoms with van der Waals surface area (Å²) in [6.45, 7) is 8.23. The number of alkyl halides is 3. The second-order valence-electron chi connectivity index (χ2n) is 10.1. The zero-order valence-corrected chi connectivity index (χ0v) is 23.6. The van der Waals surface area contributed by atoms with E-state index in [9.17, 15) is 18.0 Å². The maximum atomic E-state index is 14.0. The minimum absolute atomic E-state index is 0.0449. The van der Waals surface area contributed by atoms with Crippen molar-refractivity contribution in [2.45, 2.75) is 26.6 Å². The first-order valence-electron chi connectivity index (χ1n) is 13.3. The van der Waals surface area contributed by atoms with Gasteiger partial charge in [-0.15, -0.1) is 11.3 Å². The van der Waals surface area contributed by atoms with Gasteiger partial charge in [0.2, 0.25) is 0 Å². The number of benzene rings is 2. The van der Waals surface area contributed by atoms with E-state index in [1.54, 1.807) is 12.1 Å². The number of halogens is 3. The van der Waals surface area contributed by atoms with Crippen LogP contribution in [-0.4, -0.2) is 58.4 Å². The van der Waals surface area contributed by atoms with Crippen LogP contribution in [0.4, 0.5) is 24.7 Å². The Balaban J connectivity index is 1.33. The monoisotopic (exact) mass is 580 g/mol. The number of carbonyl (C=O) groups is 1. The van der Waals surface area contributed by atoms with Crippen LogP contribution in [0.3, 0.4) is 0 Å². The van der Waals surface area contributed by atoms with Crippen LogP contribution in [0.5, 0.6) is 0 Å². The number of aryl methyl sites for hydroxylation is 1. The van der Waals surface area contributed by atoms with Crippen LogP contribution in [0.1, 0.15) is 45.1 Å². The molecule has 1 amide bonds. The van der Waals surface area contributed by atoms with E-state index in [4.69, 9.17) is 5.73 Å². The summed E-state index contributed by atoms with van der Waals surface area (Å²) in [4.78, 5) is 25.7. The number of hydrogen-bond donors (Lipinski definition) is 2. The quantitative estimate of drug-likeness (QED) is 0.272. The molecule has 41 heavy (non-hydrogen) atoms. The topological polar surface area (TPSA) is 87.4 Å². The number of aromatic nitrogens is 2. The zero-order chi connectivity index (χ0) is 29.1. The number of likely N-dealkylation sites (N-methyl/N-ethyl adjacent to an activating group) is 1. The highest BCUT2D eigenvalue weighted by Gasteiger charge is 2.34. The van der Waals surface area contributed by atoms with Crippen LogP contribution < -0.4 is 11.1 Å². The molecule has 214 valence electrons. The molecule has 1 aliphatic rings. The van der Waals surface area contributed by atoms with Crippen LogP contribution in [0.15, 0.2) is 48.1 Å². The molecule has 0 saturated carbocycles. The highest BCUT2D eigenvalue weighted by atomic mass is 32.1. The summed E-state index contributed by atoms with van der Waals surface area (Å²) in [6.07, 6.45) is 0.671. The molecule has 11 heteroatoms. The second kappa shape index (κ2) is 12.0. The van der Waals surface area contributed by atoms with Gasteiger partial charge in [0.25, 0.3) is 5.91 Å². The Labute approximate surface area is 240 Å². The summed E-state index contributed by atoms with van der Waals surface area (Å²) in [5.74, 6) is -0.176. The number of nitrogens with one attached hydrogen (secondary N) is 1. The van der Waals surface area contributed by atoms with Gasteiger partial charge in [0, 0.05) is 54.9 Å². The van der Waals surface area contributed by atoms with Gasteiger partial charge in [0.15, 0.2) is 0 Å². The molecule has 0 aliphatic carbocycles. The van der Waals surface area contributed by atoms with Gasteiger partial charge in [-0.1, -0.05) is 31.2 Å². The van der Waals surface area contributed by atoms with Gasteiger partial charge in [-0.2, -0.15) is 13.2 Å². The number of hydrogen-bond acceptors (Lipinski definition) is 7. The number of fused-ring (bicyclic) bond motifs is 1. The molecule has 2 aromatic carbocycles. The summed E-state index contributed by atoms with van der Waals surface area (Å²) >= 11 is 1.46. The average molecular weight is 581 g/mol. The lowest BCUT2D eigenvalue weighted by atomic mass is 10.0. The van der Waals surface area contributed by atoms with Gasteiger partial charge in [-0.25, -0.2) is 9.97 Å². The number of carbonyl (C=O) groups excluding carboxylic acids is 1. The number of amides is 1. The molecule has 7 nitrogen and oxygen atoms in total. The maximum Gasteiger partial charge on any atom is 0.416 e. The summed E-state index contributed by atoms with van der Waals surface area (Å²) in [5.41, 5.74) is 9.23. The van der Waals surface area contributed by atoms with Gasteiger partial charge < -0.3 is 16.0 Å². The summed E-state index contributed by atoms with van der Waals surface area (Å²) in [5, 5.41) is 4.70. The number of anilines is 2. The van der Waals surface area contributed by atoms with Crippen LogP contribution in [0.2, 0.25) is 0 Å².